The highest BCUT2D eigenvalue weighted by Gasteiger charge is 2.20. The second kappa shape index (κ2) is 6.23. The average Bonchev–Trinajstić information content (AvgIpc) is 3.09. The van der Waals surface area contributed by atoms with E-state index in [2.05, 4.69) is 10.3 Å². The van der Waals surface area contributed by atoms with Crippen molar-refractivity contribution in [1.82, 2.24) is 10.3 Å². The topological polar surface area (TPSA) is 98.2 Å². The lowest BCUT2D eigenvalue weighted by atomic mass is 10.0. The Morgan fingerprint density at radius 2 is 2.04 bits per heavy atom. The minimum absolute atomic E-state index is 0.133. The van der Waals surface area contributed by atoms with E-state index in [1.165, 1.54) is 0 Å². The number of carbonyl (C=O) groups excluding carboxylic acids is 2. The Labute approximate surface area is 138 Å². The third-order valence-corrected chi connectivity index (χ3v) is 3.97. The molecule has 6 nitrogen and oxygen atoms in total. The number of H-pyrrole nitrogens is 1. The van der Waals surface area contributed by atoms with Crippen LogP contribution in [0.2, 0.25) is 0 Å². The molecule has 0 spiro atoms. The molecule has 0 fully saturated rings. The van der Waals surface area contributed by atoms with E-state index in [-0.39, 0.29) is 6.42 Å². The highest BCUT2D eigenvalue weighted by molar-refractivity contribution is 5.97. The highest BCUT2D eigenvalue weighted by atomic mass is 16.4. The van der Waals surface area contributed by atoms with Gasteiger partial charge in [-0.2, -0.15) is 0 Å². The average molecular weight is 325 g/mol. The lowest BCUT2D eigenvalue weighted by molar-refractivity contribution is -0.308. The van der Waals surface area contributed by atoms with Gasteiger partial charge in [0.15, 0.2) is 0 Å². The number of para-hydroxylation sites is 1. The van der Waals surface area contributed by atoms with Crippen molar-refractivity contribution in [2.75, 3.05) is 0 Å². The van der Waals surface area contributed by atoms with Gasteiger partial charge in [-0.25, -0.2) is 0 Å². The van der Waals surface area contributed by atoms with Gasteiger partial charge >= 0.3 is 0 Å². The van der Waals surface area contributed by atoms with Crippen LogP contribution in [0.4, 0.5) is 0 Å². The number of benzene rings is 1. The van der Waals surface area contributed by atoms with Crippen molar-refractivity contribution in [1.29, 1.82) is 0 Å². The van der Waals surface area contributed by atoms with E-state index in [4.69, 9.17) is 4.42 Å². The van der Waals surface area contributed by atoms with E-state index < -0.39 is 17.9 Å². The molecule has 0 saturated carbocycles. The molecule has 0 aliphatic rings. The molecule has 0 radical (unpaired) electrons. The maximum absolute atomic E-state index is 12.3. The standard InChI is InChI=1S/C18H18N2O4/c1-10-7-14(11(2)24-10)17(21)20-16(18(22)23)8-12-9-19-15-6-4-3-5-13(12)15/h3-7,9,16,19H,8H2,1-2H3,(H,20,21)(H,22,23)/p-1/t16-/m1/s1. The van der Waals surface area contributed by atoms with Gasteiger partial charge in [-0.05, 0) is 31.5 Å². The summed E-state index contributed by atoms with van der Waals surface area (Å²) < 4.78 is 5.31. The first-order chi connectivity index (χ1) is 11.5. The lowest BCUT2D eigenvalue weighted by Gasteiger charge is -2.19. The minimum Gasteiger partial charge on any atom is -0.548 e. The van der Waals surface area contributed by atoms with Crippen molar-refractivity contribution in [3.63, 3.8) is 0 Å². The maximum Gasteiger partial charge on any atom is 0.255 e. The van der Waals surface area contributed by atoms with Crippen LogP contribution in [0.25, 0.3) is 10.9 Å². The summed E-state index contributed by atoms with van der Waals surface area (Å²) in [5.41, 5.74) is 2.05. The fraction of sp³-hybridized carbons (Fsp3) is 0.222. The molecule has 0 aliphatic heterocycles. The van der Waals surface area contributed by atoms with Crippen molar-refractivity contribution >= 4 is 22.8 Å². The van der Waals surface area contributed by atoms with Gasteiger partial charge in [-0.1, -0.05) is 18.2 Å². The van der Waals surface area contributed by atoms with Crippen molar-refractivity contribution in [2.24, 2.45) is 0 Å². The van der Waals surface area contributed by atoms with Crippen LogP contribution in [-0.4, -0.2) is 22.9 Å². The molecule has 3 rings (SSSR count). The van der Waals surface area contributed by atoms with Crippen molar-refractivity contribution < 1.29 is 19.1 Å². The number of aryl methyl sites for hydroxylation is 2. The van der Waals surface area contributed by atoms with Crippen molar-refractivity contribution in [2.45, 2.75) is 26.3 Å². The van der Waals surface area contributed by atoms with Crippen LogP contribution in [0, 0.1) is 13.8 Å². The molecule has 24 heavy (non-hydrogen) atoms. The number of hydrogen-bond acceptors (Lipinski definition) is 4. The molecule has 2 heterocycles. The molecule has 0 unspecified atom stereocenters. The number of aliphatic carboxylic acids is 1. The van der Waals surface area contributed by atoms with Crippen molar-refractivity contribution in [3.05, 3.63) is 59.2 Å². The number of fused-ring (bicyclic) bond motifs is 1. The smallest absolute Gasteiger partial charge is 0.255 e. The number of aromatic nitrogens is 1. The zero-order valence-corrected chi connectivity index (χ0v) is 13.4. The Morgan fingerprint density at radius 3 is 2.71 bits per heavy atom. The fourth-order valence-corrected chi connectivity index (χ4v) is 2.81. The minimum atomic E-state index is -1.33. The van der Waals surface area contributed by atoms with Crippen LogP contribution in [0.3, 0.4) is 0 Å². The number of carboxylic acid groups (broad SMARTS) is 1. The summed E-state index contributed by atoms with van der Waals surface area (Å²) in [5.74, 6) is -0.765. The monoisotopic (exact) mass is 325 g/mol. The Kier molecular flexibility index (Phi) is 4.12. The summed E-state index contributed by atoms with van der Waals surface area (Å²) in [6.45, 7) is 3.39. The SMILES string of the molecule is Cc1cc(C(=O)N[C@H](Cc2c[nH]c3ccccc23)C(=O)[O-])c(C)o1. The van der Waals surface area contributed by atoms with Gasteiger partial charge in [0.2, 0.25) is 0 Å². The highest BCUT2D eigenvalue weighted by Crippen LogP contribution is 2.19. The van der Waals surface area contributed by atoms with E-state index in [0.717, 1.165) is 16.5 Å². The van der Waals surface area contributed by atoms with E-state index in [9.17, 15) is 14.7 Å². The molecule has 0 aliphatic carbocycles. The molecule has 1 atom stereocenters. The summed E-state index contributed by atoms with van der Waals surface area (Å²) in [6.07, 6.45) is 1.88. The van der Waals surface area contributed by atoms with Gasteiger partial charge in [-0.15, -0.1) is 0 Å². The molecule has 1 aromatic carbocycles. The Balaban J connectivity index is 1.81. The van der Waals surface area contributed by atoms with E-state index in [1.807, 2.05) is 24.3 Å². The van der Waals surface area contributed by atoms with Crippen LogP contribution in [0.5, 0.6) is 0 Å². The number of hydrogen-bond donors (Lipinski definition) is 2. The van der Waals surface area contributed by atoms with Crippen LogP contribution >= 0.6 is 0 Å². The number of rotatable bonds is 5. The maximum atomic E-state index is 12.3. The van der Waals surface area contributed by atoms with E-state index >= 15 is 0 Å². The molecule has 0 saturated heterocycles. The number of carbonyl (C=O) groups is 2. The summed E-state index contributed by atoms with van der Waals surface area (Å²) in [5, 5.41) is 14.9. The first-order valence-electron chi connectivity index (χ1n) is 7.59. The second-order valence-electron chi connectivity index (χ2n) is 5.74. The Morgan fingerprint density at radius 1 is 1.29 bits per heavy atom. The summed E-state index contributed by atoms with van der Waals surface area (Å²) >= 11 is 0. The molecule has 1 amide bonds. The van der Waals surface area contributed by atoms with E-state index in [0.29, 0.717) is 17.1 Å². The van der Waals surface area contributed by atoms with Crippen LogP contribution in [-0.2, 0) is 11.2 Å². The number of nitrogens with one attached hydrogen (secondary N) is 2. The first kappa shape index (κ1) is 15.9. The van der Waals surface area contributed by atoms with Crippen LogP contribution in [0.15, 0.2) is 40.9 Å². The zero-order valence-electron chi connectivity index (χ0n) is 13.4. The third-order valence-electron chi connectivity index (χ3n) is 3.97. The quantitative estimate of drug-likeness (QED) is 0.742. The largest absolute Gasteiger partial charge is 0.548 e. The number of furan rings is 1. The van der Waals surface area contributed by atoms with Gasteiger partial charge in [0.25, 0.3) is 5.91 Å². The summed E-state index contributed by atoms with van der Waals surface area (Å²) in [7, 11) is 0. The molecule has 0 bridgehead atoms. The molecule has 6 heteroatoms. The fourth-order valence-electron chi connectivity index (χ4n) is 2.81. The Bertz CT molecular complexity index is 907. The summed E-state index contributed by atoms with van der Waals surface area (Å²) in [6, 6.07) is 8.03. The number of carboxylic acids is 1. The number of amides is 1. The first-order valence-corrected chi connectivity index (χ1v) is 7.59. The van der Waals surface area contributed by atoms with Crippen LogP contribution < -0.4 is 10.4 Å². The Hall–Kier alpha value is -3.02. The lowest BCUT2D eigenvalue weighted by Crippen LogP contribution is -2.49. The number of aromatic amines is 1. The van der Waals surface area contributed by atoms with Gasteiger partial charge in [0.1, 0.15) is 11.5 Å². The third kappa shape index (κ3) is 3.03. The molecule has 3 aromatic rings. The predicted molar refractivity (Wildman–Crippen MR) is 86.4 cm³/mol. The normalized spacial score (nSPS) is 12.2. The van der Waals surface area contributed by atoms with E-state index in [1.54, 1.807) is 26.1 Å². The predicted octanol–water partition coefficient (Wildman–Crippen LogP) is 1.47. The second-order valence-corrected chi connectivity index (χ2v) is 5.74. The van der Waals surface area contributed by atoms with Crippen molar-refractivity contribution in [3.8, 4) is 0 Å². The van der Waals surface area contributed by atoms with Gasteiger partial charge in [0.05, 0.1) is 17.6 Å². The molecule has 2 N–H and O–H groups in total. The van der Waals surface area contributed by atoms with Gasteiger partial charge in [-0.3, -0.25) is 4.79 Å². The molecule has 124 valence electrons. The molecular formula is C18H17N2O4-. The zero-order chi connectivity index (χ0) is 17.3. The van der Waals surface area contributed by atoms with Gasteiger partial charge < -0.3 is 24.6 Å². The summed E-state index contributed by atoms with van der Waals surface area (Å²) in [4.78, 5) is 26.9. The van der Waals surface area contributed by atoms with Crippen LogP contribution in [0.1, 0.15) is 27.4 Å². The molecule has 2 aromatic heterocycles. The molecular weight excluding hydrogens is 308 g/mol. The van der Waals surface area contributed by atoms with Gasteiger partial charge in [0, 0.05) is 23.5 Å².